The number of hydrogen-bond acceptors (Lipinski definition) is 6. The zero-order valence-corrected chi connectivity index (χ0v) is 17.4. The number of rotatable bonds is 5. The lowest BCUT2D eigenvalue weighted by Crippen LogP contribution is -2.53. The smallest absolute Gasteiger partial charge is 0.407 e. The van der Waals surface area contributed by atoms with Gasteiger partial charge in [0.1, 0.15) is 5.75 Å². The van der Waals surface area contributed by atoms with Crippen molar-refractivity contribution in [2.75, 3.05) is 45.3 Å². The molecule has 0 unspecified atom stereocenters. The Morgan fingerprint density at radius 1 is 1.00 bits per heavy atom. The van der Waals surface area contributed by atoms with Crippen LogP contribution in [-0.4, -0.2) is 78.4 Å². The van der Waals surface area contributed by atoms with E-state index in [0.717, 1.165) is 0 Å². The van der Waals surface area contributed by atoms with Crippen molar-refractivity contribution in [1.29, 1.82) is 0 Å². The van der Waals surface area contributed by atoms with Crippen LogP contribution in [0.25, 0.3) is 0 Å². The van der Waals surface area contributed by atoms with Crippen LogP contribution in [0.2, 0.25) is 0 Å². The second-order valence-corrected chi connectivity index (χ2v) is 6.85. The quantitative estimate of drug-likeness (QED) is 0.727. The molecule has 1 N–H and O–H groups in total. The van der Waals surface area contributed by atoms with Gasteiger partial charge in [0.25, 0.3) is 0 Å². The number of amides is 3. The fourth-order valence-corrected chi connectivity index (χ4v) is 3.21. The molecule has 0 spiro atoms. The van der Waals surface area contributed by atoms with Crippen molar-refractivity contribution in [2.24, 2.45) is 0 Å². The molecule has 1 aliphatic rings. The molecular formula is C21H24N4O6. The molecule has 1 aromatic heterocycles. The summed E-state index contributed by atoms with van der Waals surface area (Å²) in [6, 6.07) is 10.1. The number of aromatic nitrogens is 1. The zero-order valence-electron chi connectivity index (χ0n) is 17.4. The zero-order chi connectivity index (χ0) is 22.4. The second kappa shape index (κ2) is 9.79. The number of esters is 1. The van der Waals surface area contributed by atoms with Crippen LogP contribution < -0.4 is 9.64 Å². The molecule has 1 saturated heterocycles. The molecule has 10 heteroatoms. The number of nitrogens with zero attached hydrogens (tertiary/aromatic N) is 4. The van der Waals surface area contributed by atoms with Crippen LogP contribution >= 0.6 is 0 Å². The van der Waals surface area contributed by atoms with Crippen LogP contribution in [-0.2, 0) is 11.3 Å². The second-order valence-electron chi connectivity index (χ2n) is 6.85. The van der Waals surface area contributed by atoms with Crippen LogP contribution in [0.15, 0.2) is 42.6 Å². The molecule has 2 heterocycles. The topological polar surface area (TPSA) is 113 Å². The lowest BCUT2D eigenvalue weighted by molar-refractivity contribution is 0.0600. The first-order valence-corrected chi connectivity index (χ1v) is 9.64. The number of carbonyl (C=O) groups excluding carboxylic acids is 2. The number of urea groups is 1. The summed E-state index contributed by atoms with van der Waals surface area (Å²) in [5.41, 5.74) is 1.55. The molecule has 3 rings (SSSR count). The highest BCUT2D eigenvalue weighted by atomic mass is 16.5. The van der Waals surface area contributed by atoms with Crippen molar-refractivity contribution in [1.82, 2.24) is 14.8 Å². The Labute approximate surface area is 179 Å². The average Bonchev–Trinajstić information content (AvgIpc) is 2.82. The lowest BCUT2D eigenvalue weighted by atomic mass is 10.2. The molecule has 2 aromatic rings. The summed E-state index contributed by atoms with van der Waals surface area (Å²) in [5, 5.41) is 9.13. The fourth-order valence-electron chi connectivity index (χ4n) is 3.21. The van der Waals surface area contributed by atoms with Crippen LogP contribution in [0.3, 0.4) is 0 Å². The van der Waals surface area contributed by atoms with Gasteiger partial charge in [0.15, 0.2) is 0 Å². The van der Waals surface area contributed by atoms with Gasteiger partial charge in [0, 0.05) is 38.1 Å². The van der Waals surface area contributed by atoms with E-state index in [-0.39, 0.29) is 25.7 Å². The van der Waals surface area contributed by atoms with Crippen molar-refractivity contribution in [2.45, 2.75) is 6.54 Å². The van der Waals surface area contributed by atoms with Crippen molar-refractivity contribution >= 4 is 23.8 Å². The van der Waals surface area contributed by atoms with E-state index in [4.69, 9.17) is 9.84 Å². The molecule has 3 amide bonds. The van der Waals surface area contributed by atoms with Gasteiger partial charge in [-0.2, -0.15) is 0 Å². The van der Waals surface area contributed by atoms with E-state index in [1.165, 1.54) is 18.2 Å². The van der Waals surface area contributed by atoms with Gasteiger partial charge >= 0.3 is 18.1 Å². The van der Waals surface area contributed by atoms with Gasteiger partial charge in [-0.1, -0.05) is 0 Å². The maximum Gasteiger partial charge on any atom is 0.407 e. The minimum atomic E-state index is -0.992. The average molecular weight is 428 g/mol. The van der Waals surface area contributed by atoms with Crippen LogP contribution in [0.4, 0.5) is 15.3 Å². The highest BCUT2D eigenvalue weighted by Gasteiger charge is 2.28. The van der Waals surface area contributed by atoms with E-state index in [2.05, 4.69) is 9.72 Å². The molecule has 1 aliphatic heterocycles. The van der Waals surface area contributed by atoms with Gasteiger partial charge in [0.2, 0.25) is 0 Å². The number of methoxy groups -OCH3 is 2. The maximum atomic E-state index is 13.3. The standard InChI is InChI=1S/C21H24N4O6/c1-30-18-7-5-17(6-8-18)25(14-16-4-3-15(13-22-16)19(26)31-2)20(27)23-9-11-24(12-10-23)21(28)29/h3-8,13H,9-12,14H2,1-2H3,(H,28,29). The monoisotopic (exact) mass is 428 g/mol. The largest absolute Gasteiger partial charge is 0.497 e. The van der Waals surface area contributed by atoms with Crippen molar-refractivity contribution in [3.63, 3.8) is 0 Å². The molecule has 0 saturated carbocycles. The van der Waals surface area contributed by atoms with Gasteiger partial charge in [-0.15, -0.1) is 0 Å². The first-order valence-electron chi connectivity index (χ1n) is 9.64. The Bertz CT molecular complexity index is 924. The van der Waals surface area contributed by atoms with Gasteiger partial charge in [0.05, 0.1) is 32.0 Å². The summed E-state index contributed by atoms with van der Waals surface area (Å²) >= 11 is 0. The molecule has 10 nitrogen and oxygen atoms in total. The summed E-state index contributed by atoms with van der Waals surface area (Å²) in [6.45, 7) is 1.28. The van der Waals surface area contributed by atoms with Gasteiger partial charge in [-0.25, -0.2) is 14.4 Å². The van der Waals surface area contributed by atoms with Crippen molar-refractivity contribution < 1.29 is 29.0 Å². The molecule has 1 aromatic carbocycles. The Balaban J connectivity index is 1.81. The molecular weight excluding hydrogens is 404 g/mol. The molecule has 0 bridgehead atoms. The van der Waals surface area contributed by atoms with E-state index in [1.807, 2.05) is 0 Å². The summed E-state index contributed by atoms with van der Waals surface area (Å²) in [7, 11) is 2.86. The predicted octanol–water partition coefficient (Wildman–Crippen LogP) is 2.30. The number of carbonyl (C=O) groups is 3. The summed E-state index contributed by atoms with van der Waals surface area (Å²) in [4.78, 5) is 44.8. The summed E-state index contributed by atoms with van der Waals surface area (Å²) in [5.74, 6) is 0.171. The molecule has 164 valence electrons. The summed E-state index contributed by atoms with van der Waals surface area (Å²) in [6.07, 6.45) is 0.415. The highest BCUT2D eigenvalue weighted by Crippen LogP contribution is 2.23. The molecule has 1 fully saturated rings. The highest BCUT2D eigenvalue weighted by molar-refractivity contribution is 5.92. The summed E-state index contributed by atoms with van der Waals surface area (Å²) < 4.78 is 9.88. The number of carboxylic acid groups (broad SMARTS) is 1. The molecule has 0 atom stereocenters. The molecule has 31 heavy (non-hydrogen) atoms. The Morgan fingerprint density at radius 3 is 2.16 bits per heavy atom. The fraction of sp³-hybridized carbons (Fsp3) is 0.333. The first kappa shape index (κ1) is 21.9. The van der Waals surface area contributed by atoms with Crippen LogP contribution in [0.1, 0.15) is 16.1 Å². The maximum absolute atomic E-state index is 13.3. The van der Waals surface area contributed by atoms with E-state index >= 15 is 0 Å². The number of pyridine rings is 1. The number of benzene rings is 1. The predicted molar refractivity (Wildman–Crippen MR) is 111 cm³/mol. The van der Waals surface area contributed by atoms with Crippen molar-refractivity contribution in [3.05, 3.63) is 53.9 Å². The van der Waals surface area contributed by atoms with Gasteiger partial charge < -0.3 is 24.4 Å². The minimum Gasteiger partial charge on any atom is -0.497 e. The number of anilines is 1. The third-order valence-electron chi connectivity index (χ3n) is 5.00. The first-order chi connectivity index (χ1) is 14.9. The van der Waals surface area contributed by atoms with Gasteiger partial charge in [-0.05, 0) is 36.4 Å². The van der Waals surface area contributed by atoms with Crippen LogP contribution in [0.5, 0.6) is 5.75 Å². The Hall–Kier alpha value is -3.82. The minimum absolute atomic E-state index is 0.172. The third kappa shape index (κ3) is 5.21. The number of hydrogen-bond donors (Lipinski definition) is 1. The molecule has 0 aliphatic carbocycles. The Kier molecular flexibility index (Phi) is 6.91. The normalized spacial score (nSPS) is 13.5. The van der Waals surface area contributed by atoms with E-state index < -0.39 is 12.1 Å². The number of ether oxygens (including phenoxy) is 2. The van der Waals surface area contributed by atoms with E-state index in [0.29, 0.717) is 35.8 Å². The Morgan fingerprint density at radius 2 is 1.65 bits per heavy atom. The number of piperazine rings is 1. The van der Waals surface area contributed by atoms with Gasteiger partial charge in [-0.3, -0.25) is 9.88 Å². The van der Waals surface area contributed by atoms with Crippen molar-refractivity contribution in [3.8, 4) is 5.75 Å². The molecule has 0 radical (unpaired) electrons. The third-order valence-corrected chi connectivity index (χ3v) is 5.00. The van der Waals surface area contributed by atoms with E-state index in [9.17, 15) is 14.4 Å². The SMILES string of the molecule is COC(=O)c1ccc(CN(C(=O)N2CCN(C(=O)O)CC2)c2ccc(OC)cc2)nc1. The van der Waals surface area contributed by atoms with Crippen LogP contribution in [0, 0.1) is 0 Å². The lowest BCUT2D eigenvalue weighted by Gasteiger charge is -2.36. The van der Waals surface area contributed by atoms with E-state index in [1.54, 1.807) is 53.3 Å².